The van der Waals surface area contributed by atoms with Gasteiger partial charge in [0, 0.05) is 17.0 Å². The van der Waals surface area contributed by atoms with Crippen molar-refractivity contribution in [2.45, 2.75) is 132 Å². The Labute approximate surface area is 259 Å². The second kappa shape index (κ2) is 8.73. The summed E-state index contributed by atoms with van der Waals surface area (Å²) in [5, 5.41) is 0. The molecule has 1 heteroatoms. The van der Waals surface area contributed by atoms with Crippen molar-refractivity contribution in [1.29, 1.82) is 0 Å². The summed E-state index contributed by atoms with van der Waals surface area (Å²) in [5.74, 6) is 10.9. The van der Waals surface area contributed by atoms with Gasteiger partial charge in [-0.1, -0.05) is 18.2 Å². The fourth-order valence-corrected chi connectivity index (χ4v) is 16.0. The summed E-state index contributed by atoms with van der Waals surface area (Å²) in [7, 11) is 0. The SMILES string of the molecule is [c]1cc(C23CC4CC(CC(C4)C2)C3)c(C23CC4CC(CC(C4)C2)C3)c(C23CC4CC(CC(C4)C2)C3)c1Oc1ccccc1. The van der Waals surface area contributed by atoms with E-state index in [1.165, 1.54) is 116 Å². The van der Waals surface area contributed by atoms with Gasteiger partial charge in [0.15, 0.2) is 0 Å². The lowest BCUT2D eigenvalue weighted by Gasteiger charge is -2.63. The Morgan fingerprint density at radius 2 is 0.837 bits per heavy atom. The van der Waals surface area contributed by atoms with Gasteiger partial charge in [0.05, 0.1) is 0 Å². The van der Waals surface area contributed by atoms with Gasteiger partial charge < -0.3 is 4.74 Å². The molecule has 43 heavy (non-hydrogen) atoms. The largest absolute Gasteiger partial charge is 0.456 e. The van der Waals surface area contributed by atoms with Gasteiger partial charge in [0.2, 0.25) is 0 Å². The molecule has 0 atom stereocenters. The zero-order valence-electron chi connectivity index (χ0n) is 26.3. The standard InChI is InChI=1S/C42H51O/c1-2-4-35(5-3-1)43-37-7-6-36(40-17-26-8-27(18-40)10-28(9-26)19-40)38(41-20-29-11-30(21-41)13-31(12-29)22-41)39(37)42-23-32-14-33(24-42)16-34(15-32)25-42/h1-6,26-34H,8-25H2. The highest BCUT2D eigenvalue weighted by Gasteiger charge is 2.60. The predicted octanol–water partition coefficient (Wildman–Crippen LogP) is 10.7. The van der Waals surface area contributed by atoms with Crippen molar-refractivity contribution in [3.63, 3.8) is 0 Å². The second-order valence-electron chi connectivity index (χ2n) is 18.8. The van der Waals surface area contributed by atoms with Crippen LogP contribution in [0.2, 0.25) is 0 Å². The van der Waals surface area contributed by atoms with Gasteiger partial charge in [0.25, 0.3) is 0 Å². The lowest BCUT2D eigenvalue weighted by molar-refractivity contribution is -0.0248. The van der Waals surface area contributed by atoms with E-state index in [4.69, 9.17) is 4.74 Å². The van der Waals surface area contributed by atoms with Crippen molar-refractivity contribution in [2.75, 3.05) is 0 Å². The summed E-state index contributed by atoms with van der Waals surface area (Å²) in [6.07, 6.45) is 26.9. The van der Waals surface area contributed by atoms with Crippen LogP contribution in [0.25, 0.3) is 0 Å². The van der Waals surface area contributed by atoms with Crippen molar-refractivity contribution < 1.29 is 4.74 Å². The third-order valence-corrected chi connectivity index (χ3v) is 15.8. The zero-order valence-corrected chi connectivity index (χ0v) is 26.3. The molecule has 0 saturated heterocycles. The highest BCUT2D eigenvalue weighted by atomic mass is 16.5. The lowest BCUT2D eigenvalue weighted by Crippen LogP contribution is -2.55. The molecular formula is C42H51O. The molecule has 0 unspecified atom stereocenters. The van der Waals surface area contributed by atoms with Crippen LogP contribution in [0.4, 0.5) is 0 Å². The first-order chi connectivity index (χ1) is 21.0. The third kappa shape index (κ3) is 3.69. The van der Waals surface area contributed by atoms with Gasteiger partial charge in [-0.25, -0.2) is 0 Å². The van der Waals surface area contributed by atoms with Crippen LogP contribution in [-0.2, 0) is 16.2 Å². The molecule has 0 N–H and O–H groups in total. The van der Waals surface area contributed by atoms with Gasteiger partial charge in [-0.3, -0.25) is 0 Å². The Morgan fingerprint density at radius 1 is 0.465 bits per heavy atom. The summed E-state index contributed by atoms with van der Waals surface area (Å²) in [6.45, 7) is 0. The molecule has 14 rings (SSSR count). The minimum absolute atomic E-state index is 0.326. The molecule has 12 fully saturated rings. The van der Waals surface area contributed by atoms with Crippen LogP contribution in [0, 0.1) is 59.3 Å². The van der Waals surface area contributed by atoms with Gasteiger partial charge in [-0.2, -0.15) is 0 Å². The molecule has 1 radical (unpaired) electrons. The van der Waals surface area contributed by atoms with E-state index in [1.54, 1.807) is 5.56 Å². The van der Waals surface area contributed by atoms with Gasteiger partial charge in [0.1, 0.15) is 11.5 Å². The van der Waals surface area contributed by atoms with Crippen LogP contribution in [0.5, 0.6) is 11.5 Å². The van der Waals surface area contributed by atoms with E-state index in [0.717, 1.165) is 64.8 Å². The summed E-state index contributed by atoms with van der Waals surface area (Å²) in [5.41, 5.74) is 6.68. The molecule has 0 heterocycles. The van der Waals surface area contributed by atoms with E-state index < -0.39 is 0 Å². The fraction of sp³-hybridized carbons (Fsp3) is 0.714. The molecule has 12 bridgehead atoms. The van der Waals surface area contributed by atoms with Crippen molar-refractivity contribution in [3.8, 4) is 11.5 Å². The van der Waals surface area contributed by atoms with Crippen molar-refractivity contribution in [1.82, 2.24) is 0 Å². The first-order valence-corrected chi connectivity index (χ1v) is 18.9. The third-order valence-electron chi connectivity index (χ3n) is 15.8. The van der Waals surface area contributed by atoms with Gasteiger partial charge >= 0.3 is 0 Å². The number of para-hydroxylation sites is 1. The molecule has 12 saturated carbocycles. The van der Waals surface area contributed by atoms with Crippen LogP contribution in [0.1, 0.15) is 132 Å². The maximum absolute atomic E-state index is 7.12. The Balaban J connectivity index is 1.18. The number of rotatable bonds is 5. The van der Waals surface area contributed by atoms with E-state index in [0.29, 0.717) is 16.2 Å². The predicted molar refractivity (Wildman–Crippen MR) is 171 cm³/mol. The Morgan fingerprint density at radius 3 is 1.26 bits per heavy atom. The monoisotopic (exact) mass is 571 g/mol. The maximum Gasteiger partial charge on any atom is 0.139 e. The van der Waals surface area contributed by atoms with Gasteiger partial charge in [-0.15, -0.1) is 0 Å². The average Bonchev–Trinajstić information content (AvgIpc) is 2.95. The molecule has 0 aliphatic heterocycles. The number of ether oxygens (including phenoxy) is 1. The summed E-state index contributed by atoms with van der Waals surface area (Å²) >= 11 is 0. The Kier molecular flexibility index (Phi) is 5.16. The minimum atomic E-state index is 0.326. The second-order valence-corrected chi connectivity index (χ2v) is 18.8. The Hall–Kier alpha value is -1.76. The summed E-state index contributed by atoms with van der Waals surface area (Å²) in [6, 6.07) is 17.5. The van der Waals surface area contributed by atoms with Crippen LogP contribution in [-0.4, -0.2) is 0 Å². The van der Waals surface area contributed by atoms with E-state index in [-0.39, 0.29) is 0 Å². The smallest absolute Gasteiger partial charge is 0.139 e. The molecule has 1 nitrogen and oxygen atoms in total. The molecule has 0 aromatic heterocycles. The molecular weight excluding hydrogens is 520 g/mol. The number of hydrogen-bond donors (Lipinski definition) is 0. The summed E-state index contributed by atoms with van der Waals surface area (Å²) in [4.78, 5) is 0. The first kappa shape index (κ1) is 25.4. The van der Waals surface area contributed by atoms with Crippen molar-refractivity contribution in [2.24, 2.45) is 53.3 Å². The minimum Gasteiger partial charge on any atom is -0.456 e. The Bertz CT molecular complexity index is 1340. The van der Waals surface area contributed by atoms with Crippen LogP contribution in [0.3, 0.4) is 0 Å². The molecule has 2 aromatic rings. The molecule has 2 aromatic carbocycles. The van der Waals surface area contributed by atoms with E-state index in [9.17, 15) is 0 Å². The fourth-order valence-electron chi connectivity index (χ4n) is 16.0. The lowest BCUT2D eigenvalue weighted by atomic mass is 9.41. The first-order valence-electron chi connectivity index (χ1n) is 18.9. The van der Waals surface area contributed by atoms with E-state index >= 15 is 0 Å². The van der Waals surface area contributed by atoms with Crippen molar-refractivity contribution >= 4 is 0 Å². The van der Waals surface area contributed by atoms with Crippen LogP contribution < -0.4 is 4.74 Å². The van der Waals surface area contributed by atoms with Gasteiger partial charge in [-0.05, 0) is 209 Å². The molecule has 12 aliphatic rings. The van der Waals surface area contributed by atoms with E-state index in [2.05, 4.69) is 42.5 Å². The maximum atomic E-state index is 7.12. The molecule has 0 spiro atoms. The number of benzene rings is 2. The normalized spacial score (nSPS) is 49.6. The molecule has 225 valence electrons. The van der Waals surface area contributed by atoms with Crippen molar-refractivity contribution in [3.05, 3.63) is 59.2 Å². The van der Waals surface area contributed by atoms with Crippen LogP contribution in [0.15, 0.2) is 36.4 Å². The van der Waals surface area contributed by atoms with E-state index in [1.807, 2.05) is 11.1 Å². The highest BCUT2D eigenvalue weighted by Crippen LogP contribution is 2.70. The molecule has 12 aliphatic carbocycles. The summed E-state index contributed by atoms with van der Waals surface area (Å²) < 4.78 is 7.12. The average molecular weight is 572 g/mol. The highest BCUT2D eigenvalue weighted by molar-refractivity contribution is 5.58. The molecule has 0 amide bonds. The quantitative estimate of drug-likeness (QED) is 0.347. The van der Waals surface area contributed by atoms with Crippen LogP contribution >= 0.6 is 0 Å². The zero-order chi connectivity index (χ0) is 28.0. The topological polar surface area (TPSA) is 9.23 Å². The number of hydrogen-bond acceptors (Lipinski definition) is 1.